The minimum atomic E-state index is -3.54. The van der Waals surface area contributed by atoms with E-state index >= 15 is 0 Å². The number of carbonyl (C=O) groups is 1. The Morgan fingerprint density at radius 2 is 2.12 bits per heavy atom. The first kappa shape index (κ1) is 12.0. The van der Waals surface area contributed by atoms with Crippen LogP contribution in [0.25, 0.3) is 0 Å². The van der Waals surface area contributed by atoms with Crippen molar-refractivity contribution in [2.24, 2.45) is 22.6 Å². The first-order chi connectivity index (χ1) is 7.25. The Labute approximate surface area is 95.8 Å². The highest BCUT2D eigenvalue weighted by atomic mass is 32.2. The van der Waals surface area contributed by atoms with Crippen LogP contribution in [0.15, 0.2) is 0 Å². The van der Waals surface area contributed by atoms with Crippen molar-refractivity contribution in [3.05, 3.63) is 0 Å². The molecule has 0 aromatic rings. The van der Waals surface area contributed by atoms with Crippen LogP contribution < -0.4 is 10.7 Å². The third-order valence-corrected chi connectivity index (χ3v) is 5.99. The molecule has 2 rings (SSSR count). The number of ketones is 1. The maximum Gasteiger partial charge on any atom is 0.225 e. The number of carbonyl (C=O) groups excluding carboxylic acids is 1. The van der Waals surface area contributed by atoms with E-state index in [9.17, 15) is 13.2 Å². The third kappa shape index (κ3) is 1.36. The second-order valence-corrected chi connectivity index (χ2v) is 7.30. The fraction of sp³-hybridized carbons (Fsp3) is 0.900. The lowest BCUT2D eigenvalue weighted by atomic mass is 9.70. The lowest BCUT2D eigenvalue weighted by Gasteiger charge is -2.35. The average Bonchev–Trinajstić information content (AvgIpc) is 2.51. The third-order valence-electron chi connectivity index (χ3n) is 4.76. The molecule has 0 aliphatic heterocycles. The molecule has 2 atom stereocenters. The summed E-state index contributed by atoms with van der Waals surface area (Å²) in [6.07, 6.45) is 2.14. The molecule has 2 saturated carbocycles. The monoisotopic (exact) mass is 246 g/mol. The number of rotatable bonds is 3. The Morgan fingerprint density at radius 3 is 2.50 bits per heavy atom. The van der Waals surface area contributed by atoms with Crippen molar-refractivity contribution in [3.8, 4) is 0 Å². The molecule has 2 aliphatic carbocycles. The van der Waals surface area contributed by atoms with Crippen LogP contribution in [0, 0.1) is 16.7 Å². The largest absolute Gasteiger partial charge is 0.299 e. The molecule has 0 aromatic carbocycles. The van der Waals surface area contributed by atoms with Gasteiger partial charge in [-0.05, 0) is 24.2 Å². The number of Topliss-reactive ketones (excluding diaryl/α,β-unsaturated/α-hetero) is 1. The molecule has 2 aliphatic rings. The average molecular weight is 246 g/mol. The molecule has 0 spiro atoms. The Hall–Kier alpha value is -0.460. The van der Waals surface area contributed by atoms with Crippen molar-refractivity contribution in [2.75, 3.05) is 5.75 Å². The molecule has 3 N–H and O–H groups in total. The van der Waals surface area contributed by atoms with Crippen molar-refractivity contribution in [2.45, 2.75) is 33.1 Å². The van der Waals surface area contributed by atoms with E-state index in [1.54, 1.807) is 0 Å². The lowest BCUT2D eigenvalue weighted by Crippen LogP contribution is -2.46. The fourth-order valence-electron chi connectivity index (χ4n) is 3.47. The van der Waals surface area contributed by atoms with E-state index in [-0.39, 0.29) is 17.0 Å². The van der Waals surface area contributed by atoms with Crippen molar-refractivity contribution in [3.63, 3.8) is 0 Å². The van der Waals surface area contributed by atoms with Crippen LogP contribution in [0.3, 0.4) is 0 Å². The van der Waals surface area contributed by atoms with E-state index in [4.69, 9.17) is 5.84 Å². The van der Waals surface area contributed by atoms with Crippen molar-refractivity contribution in [1.82, 2.24) is 4.83 Å². The predicted molar refractivity (Wildman–Crippen MR) is 59.7 cm³/mol. The molecule has 0 saturated heterocycles. The van der Waals surface area contributed by atoms with Gasteiger partial charge >= 0.3 is 0 Å². The molecule has 5 nitrogen and oxygen atoms in total. The van der Waals surface area contributed by atoms with Gasteiger partial charge in [0.2, 0.25) is 10.0 Å². The summed E-state index contributed by atoms with van der Waals surface area (Å²) in [7, 11) is -3.54. The van der Waals surface area contributed by atoms with Crippen LogP contribution in [0.5, 0.6) is 0 Å². The van der Waals surface area contributed by atoms with Crippen LogP contribution in [0.1, 0.15) is 33.1 Å². The number of hydrazine groups is 1. The van der Waals surface area contributed by atoms with Gasteiger partial charge in [-0.1, -0.05) is 13.8 Å². The molecular formula is C10H18N2O3S. The predicted octanol–water partition coefficient (Wildman–Crippen LogP) is 0.175. The number of nitrogens with two attached hydrogens (primary N) is 1. The molecule has 6 heteroatoms. The molecule has 0 heterocycles. The second kappa shape index (κ2) is 3.27. The molecule has 16 heavy (non-hydrogen) atoms. The number of hydrogen-bond acceptors (Lipinski definition) is 4. The zero-order valence-electron chi connectivity index (χ0n) is 9.62. The van der Waals surface area contributed by atoms with Gasteiger partial charge in [-0.2, -0.15) is 4.83 Å². The zero-order chi connectivity index (χ0) is 12.2. The smallest absolute Gasteiger partial charge is 0.225 e. The summed E-state index contributed by atoms with van der Waals surface area (Å²) in [4.78, 5) is 13.9. The summed E-state index contributed by atoms with van der Waals surface area (Å²) in [6, 6.07) is 0. The minimum Gasteiger partial charge on any atom is -0.299 e. The van der Waals surface area contributed by atoms with E-state index in [0.29, 0.717) is 18.8 Å². The molecule has 0 radical (unpaired) electrons. The van der Waals surface area contributed by atoms with Gasteiger partial charge in [0.25, 0.3) is 0 Å². The first-order valence-corrected chi connectivity index (χ1v) is 7.14. The highest BCUT2D eigenvalue weighted by molar-refractivity contribution is 7.89. The Kier molecular flexibility index (Phi) is 2.46. The topological polar surface area (TPSA) is 89.3 Å². The van der Waals surface area contributed by atoms with E-state index in [1.807, 2.05) is 18.7 Å². The van der Waals surface area contributed by atoms with Gasteiger partial charge in [0, 0.05) is 11.8 Å². The first-order valence-electron chi connectivity index (χ1n) is 5.48. The van der Waals surface area contributed by atoms with Gasteiger partial charge in [0.05, 0.1) is 5.75 Å². The normalized spacial score (nSPS) is 36.9. The zero-order valence-corrected chi connectivity index (χ0v) is 10.4. The molecule has 2 fully saturated rings. The Bertz CT molecular complexity index is 429. The van der Waals surface area contributed by atoms with Crippen LogP contribution in [-0.2, 0) is 14.8 Å². The lowest BCUT2D eigenvalue weighted by molar-refractivity contribution is -0.128. The van der Waals surface area contributed by atoms with E-state index < -0.39 is 15.4 Å². The highest BCUT2D eigenvalue weighted by Crippen LogP contribution is 2.64. The summed E-state index contributed by atoms with van der Waals surface area (Å²) in [5.74, 6) is 5.25. The Balaban J connectivity index is 2.40. The summed E-state index contributed by atoms with van der Waals surface area (Å²) < 4.78 is 23.2. The summed E-state index contributed by atoms with van der Waals surface area (Å²) in [5, 5.41) is 0. The van der Waals surface area contributed by atoms with Gasteiger partial charge in [0.1, 0.15) is 5.78 Å². The number of nitrogens with one attached hydrogen (secondary N) is 1. The van der Waals surface area contributed by atoms with E-state index in [2.05, 4.69) is 0 Å². The molecule has 0 aromatic heterocycles. The second-order valence-electron chi connectivity index (χ2n) is 5.54. The van der Waals surface area contributed by atoms with Crippen molar-refractivity contribution in [1.29, 1.82) is 0 Å². The van der Waals surface area contributed by atoms with Gasteiger partial charge in [-0.15, -0.1) is 0 Å². The van der Waals surface area contributed by atoms with Gasteiger partial charge in [-0.25, -0.2) is 8.42 Å². The molecule has 0 unspecified atom stereocenters. The summed E-state index contributed by atoms with van der Waals surface area (Å²) in [5.41, 5.74) is -0.948. The van der Waals surface area contributed by atoms with Gasteiger partial charge in [-0.3, -0.25) is 10.6 Å². The molecule has 0 amide bonds. The summed E-state index contributed by atoms with van der Waals surface area (Å²) in [6.45, 7) is 4.00. The maximum atomic E-state index is 12.0. The fourth-order valence-corrected chi connectivity index (χ4v) is 4.88. The number of sulfonamides is 1. The minimum absolute atomic E-state index is 0.0903. The standard InChI is InChI=1S/C10H18N2O3S/c1-9(2)7-3-4-10(9,8(13)5-7)6-16(14,15)12-11/h7,12H,3-6,11H2,1-2H3/t7-,10-/m0/s1. The highest BCUT2D eigenvalue weighted by Gasteiger charge is 2.65. The molecule has 2 bridgehead atoms. The molecule has 92 valence electrons. The summed E-state index contributed by atoms with van der Waals surface area (Å²) >= 11 is 0. The SMILES string of the molecule is CC1(C)[C@H]2CC[C@]1(CS(=O)(=O)NN)C(=O)C2. The Morgan fingerprint density at radius 1 is 1.50 bits per heavy atom. The van der Waals surface area contributed by atoms with Crippen molar-refractivity contribution < 1.29 is 13.2 Å². The van der Waals surface area contributed by atoms with E-state index in [0.717, 1.165) is 6.42 Å². The van der Waals surface area contributed by atoms with Crippen LogP contribution >= 0.6 is 0 Å². The van der Waals surface area contributed by atoms with Gasteiger partial charge < -0.3 is 0 Å². The quantitative estimate of drug-likeness (QED) is 0.549. The maximum absolute atomic E-state index is 12.0. The van der Waals surface area contributed by atoms with Crippen molar-refractivity contribution >= 4 is 15.8 Å². The molecular weight excluding hydrogens is 228 g/mol. The van der Waals surface area contributed by atoms with Crippen LogP contribution in [0.2, 0.25) is 0 Å². The van der Waals surface area contributed by atoms with Crippen LogP contribution in [0.4, 0.5) is 0 Å². The van der Waals surface area contributed by atoms with Gasteiger partial charge in [0.15, 0.2) is 0 Å². The van der Waals surface area contributed by atoms with E-state index in [1.165, 1.54) is 0 Å². The number of fused-ring (bicyclic) bond motifs is 2. The number of hydrogen-bond donors (Lipinski definition) is 2. The van der Waals surface area contributed by atoms with Crippen LogP contribution in [-0.4, -0.2) is 20.0 Å².